The number of anilines is 1. The van der Waals surface area contributed by atoms with E-state index in [9.17, 15) is 28.0 Å². The van der Waals surface area contributed by atoms with Crippen molar-refractivity contribution in [1.29, 1.82) is 0 Å². The van der Waals surface area contributed by atoms with Gasteiger partial charge in [0, 0.05) is 0 Å². The minimum atomic E-state index is -4.13. The van der Waals surface area contributed by atoms with Crippen LogP contribution < -0.4 is 15.9 Å². The van der Waals surface area contributed by atoms with E-state index in [1.165, 1.54) is 19.1 Å². The van der Waals surface area contributed by atoms with Crippen LogP contribution >= 0.6 is 19.2 Å². The smallest absolute Gasteiger partial charge is 0.380 e. The zero-order chi connectivity index (χ0) is 28.3. The van der Waals surface area contributed by atoms with E-state index >= 15 is 0 Å². The second kappa shape index (κ2) is 12.1. The molecule has 1 unspecified atom stereocenters. The van der Waals surface area contributed by atoms with Crippen LogP contribution in [-0.2, 0) is 23.4 Å². The molecule has 2 aromatic rings. The molecular formula is C23H29ClF2N3O8P. The lowest BCUT2D eigenvalue weighted by Gasteiger charge is -2.28. The molecule has 0 amide bonds. The maximum atomic E-state index is 14.1. The van der Waals surface area contributed by atoms with Crippen LogP contribution in [-0.4, -0.2) is 63.3 Å². The molecule has 38 heavy (non-hydrogen) atoms. The van der Waals surface area contributed by atoms with E-state index in [1.54, 1.807) is 32.0 Å². The maximum Gasteiger partial charge on any atom is 0.380 e. The van der Waals surface area contributed by atoms with Crippen molar-refractivity contribution in [2.75, 3.05) is 25.2 Å². The quantitative estimate of drug-likeness (QED) is 0.231. The van der Waals surface area contributed by atoms with Crippen LogP contribution in [0.3, 0.4) is 0 Å². The number of para-hydroxylation sites is 1. The Labute approximate surface area is 222 Å². The number of halogens is 3. The number of carbonyl (C=O) groups is 1. The van der Waals surface area contributed by atoms with Crippen molar-refractivity contribution in [2.45, 2.75) is 50.2 Å². The standard InChI is InChI=1S/C23H29ClF2N3O8P/c1-13(2)35-20(31)14(3)11-38(33,37-15-7-5-4-6-8-15)34-10-17-18(30)23(24,12-25)21(36-17)29-9-16(26)19(27)28-22(29)32/h4-9,13-14,17-18,21,30H,10-12H2,1-3H3,(H2,27,28,32)/t14-,17-,18+,21-,23?,38-/m1/s1. The first-order valence-corrected chi connectivity index (χ1v) is 13.7. The summed E-state index contributed by atoms with van der Waals surface area (Å²) in [5.74, 6) is -3.14. The number of carbonyl (C=O) groups excluding carboxylic acids is 1. The molecule has 0 bridgehead atoms. The van der Waals surface area contributed by atoms with Gasteiger partial charge in [-0.2, -0.15) is 4.98 Å². The van der Waals surface area contributed by atoms with Crippen LogP contribution in [0.1, 0.15) is 27.0 Å². The number of alkyl halides is 2. The fourth-order valence-electron chi connectivity index (χ4n) is 3.71. The van der Waals surface area contributed by atoms with Crippen molar-refractivity contribution in [3.05, 3.63) is 52.8 Å². The molecule has 2 heterocycles. The largest absolute Gasteiger partial charge is 0.463 e. The number of nitrogens with two attached hydrogens (primary N) is 1. The Balaban J connectivity index is 1.84. The minimum absolute atomic E-state index is 0.177. The van der Waals surface area contributed by atoms with Gasteiger partial charge in [-0.1, -0.05) is 25.1 Å². The Morgan fingerprint density at radius 1 is 1.34 bits per heavy atom. The van der Waals surface area contributed by atoms with Gasteiger partial charge in [0.2, 0.25) is 0 Å². The SMILES string of the molecule is CC(C)OC(=O)[C@H](C)C[P@@](=O)(OC[C@H]1O[C@@H](n2cc(F)c(N)nc2=O)C(Cl)(CF)[C@H]1O)Oc1ccccc1. The highest BCUT2D eigenvalue weighted by Gasteiger charge is 2.57. The summed E-state index contributed by atoms with van der Waals surface area (Å²) in [6, 6.07) is 8.01. The van der Waals surface area contributed by atoms with Crippen LogP contribution in [0.2, 0.25) is 0 Å². The average molecular weight is 580 g/mol. The lowest BCUT2D eigenvalue weighted by Crippen LogP contribution is -2.46. The Morgan fingerprint density at radius 3 is 2.61 bits per heavy atom. The zero-order valence-electron chi connectivity index (χ0n) is 20.8. The van der Waals surface area contributed by atoms with Crippen molar-refractivity contribution >= 4 is 31.0 Å². The van der Waals surface area contributed by atoms with E-state index in [2.05, 4.69) is 4.98 Å². The highest BCUT2D eigenvalue weighted by molar-refractivity contribution is 7.54. The molecule has 0 aliphatic carbocycles. The molecule has 6 atom stereocenters. The third-order valence-corrected chi connectivity index (χ3v) is 8.16. The van der Waals surface area contributed by atoms with Gasteiger partial charge in [0.1, 0.15) is 29.5 Å². The fourth-order valence-corrected chi connectivity index (χ4v) is 5.88. The van der Waals surface area contributed by atoms with Crippen molar-refractivity contribution in [1.82, 2.24) is 9.55 Å². The number of hydrogen-bond acceptors (Lipinski definition) is 10. The van der Waals surface area contributed by atoms with Crippen molar-refractivity contribution in [2.24, 2.45) is 5.92 Å². The number of nitrogen functional groups attached to an aromatic ring is 1. The molecule has 1 aliphatic heterocycles. The lowest BCUT2D eigenvalue weighted by atomic mass is 10.00. The number of hydrogen-bond donors (Lipinski definition) is 2. The summed E-state index contributed by atoms with van der Waals surface area (Å²) in [5, 5.41) is 10.8. The molecule has 0 radical (unpaired) electrons. The van der Waals surface area contributed by atoms with E-state index < -0.39 is 85.7 Å². The van der Waals surface area contributed by atoms with Gasteiger partial charge in [-0.15, -0.1) is 11.6 Å². The number of nitrogens with zero attached hydrogens (tertiary/aromatic N) is 2. The van der Waals surface area contributed by atoms with Crippen molar-refractivity contribution < 1.29 is 41.8 Å². The molecule has 0 spiro atoms. The maximum absolute atomic E-state index is 14.1. The first kappa shape index (κ1) is 30.0. The first-order chi connectivity index (χ1) is 17.8. The van der Waals surface area contributed by atoms with Gasteiger partial charge in [0.05, 0.1) is 31.0 Å². The molecule has 1 aromatic carbocycles. The molecule has 3 rings (SSSR count). The molecule has 1 aromatic heterocycles. The van der Waals surface area contributed by atoms with Gasteiger partial charge < -0.3 is 24.8 Å². The number of ether oxygens (including phenoxy) is 2. The van der Waals surface area contributed by atoms with Crippen LogP contribution in [0, 0.1) is 11.7 Å². The first-order valence-electron chi connectivity index (χ1n) is 11.6. The number of aromatic nitrogens is 2. The molecule has 1 fully saturated rings. The summed E-state index contributed by atoms with van der Waals surface area (Å²) in [4.78, 5) is 25.7. The van der Waals surface area contributed by atoms with Crippen LogP contribution in [0.5, 0.6) is 5.75 Å². The third kappa shape index (κ3) is 6.70. The Hall–Kier alpha value is -2.57. The van der Waals surface area contributed by atoms with Gasteiger partial charge >= 0.3 is 19.3 Å². The number of esters is 1. The molecule has 15 heteroatoms. The molecular weight excluding hydrogens is 551 g/mol. The van der Waals surface area contributed by atoms with Gasteiger partial charge in [-0.05, 0) is 26.0 Å². The van der Waals surface area contributed by atoms with Gasteiger partial charge in [0.25, 0.3) is 0 Å². The highest BCUT2D eigenvalue weighted by Crippen LogP contribution is 2.52. The summed E-state index contributed by atoms with van der Waals surface area (Å²) >= 11 is 6.31. The Kier molecular flexibility index (Phi) is 9.53. The summed E-state index contributed by atoms with van der Waals surface area (Å²) < 4.78 is 64.3. The topological polar surface area (TPSA) is 152 Å². The van der Waals surface area contributed by atoms with Crippen LogP contribution in [0.25, 0.3) is 0 Å². The monoisotopic (exact) mass is 579 g/mol. The van der Waals surface area contributed by atoms with Gasteiger partial charge in [0.15, 0.2) is 17.9 Å². The van der Waals surface area contributed by atoms with E-state index in [4.69, 9.17) is 35.9 Å². The molecule has 3 N–H and O–H groups in total. The normalized spacial score (nSPS) is 25.6. The molecule has 11 nitrogen and oxygen atoms in total. The third-order valence-electron chi connectivity index (χ3n) is 5.62. The average Bonchev–Trinajstić information content (AvgIpc) is 3.10. The summed E-state index contributed by atoms with van der Waals surface area (Å²) in [5.41, 5.74) is 4.19. The van der Waals surface area contributed by atoms with Crippen molar-refractivity contribution in [3.63, 3.8) is 0 Å². The Bertz CT molecular complexity index is 1240. The van der Waals surface area contributed by atoms with Crippen LogP contribution in [0.4, 0.5) is 14.6 Å². The minimum Gasteiger partial charge on any atom is -0.463 e. The second-order valence-electron chi connectivity index (χ2n) is 9.08. The molecule has 210 valence electrons. The van der Waals surface area contributed by atoms with E-state index in [-0.39, 0.29) is 5.75 Å². The summed E-state index contributed by atoms with van der Waals surface area (Å²) in [6.07, 6.45) is -5.15. The van der Waals surface area contributed by atoms with Gasteiger partial charge in [-0.25, -0.2) is 18.1 Å². The molecule has 1 saturated heterocycles. The number of rotatable bonds is 11. The number of aliphatic hydroxyl groups is 1. The molecule has 1 aliphatic rings. The zero-order valence-corrected chi connectivity index (χ0v) is 22.5. The second-order valence-corrected chi connectivity index (χ2v) is 11.8. The molecule has 0 saturated carbocycles. The van der Waals surface area contributed by atoms with E-state index in [1.807, 2.05) is 0 Å². The van der Waals surface area contributed by atoms with Gasteiger partial charge in [-0.3, -0.25) is 13.9 Å². The van der Waals surface area contributed by atoms with E-state index in [0.29, 0.717) is 10.8 Å². The number of benzene rings is 1. The highest BCUT2D eigenvalue weighted by atomic mass is 35.5. The van der Waals surface area contributed by atoms with E-state index in [0.717, 1.165) is 0 Å². The van der Waals surface area contributed by atoms with Crippen LogP contribution in [0.15, 0.2) is 41.3 Å². The Morgan fingerprint density at radius 2 is 2.00 bits per heavy atom. The lowest BCUT2D eigenvalue weighted by molar-refractivity contribution is -0.151. The predicted molar refractivity (Wildman–Crippen MR) is 133 cm³/mol. The fraction of sp³-hybridized carbons (Fsp3) is 0.522. The predicted octanol–water partition coefficient (Wildman–Crippen LogP) is 3.05. The summed E-state index contributed by atoms with van der Waals surface area (Å²) in [6.45, 7) is 2.75. The number of aliphatic hydroxyl groups excluding tert-OH is 1. The van der Waals surface area contributed by atoms with Crippen molar-refractivity contribution in [3.8, 4) is 5.75 Å². The summed E-state index contributed by atoms with van der Waals surface area (Å²) in [7, 11) is -4.13.